The van der Waals surface area contributed by atoms with E-state index in [-0.39, 0.29) is 0 Å². The second-order valence-electron chi connectivity index (χ2n) is 6.18. The van der Waals surface area contributed by atoms with E-state index in [2.05, 4.69) is 41.3 Å². The molecule has 0 aromatic heterocycles. The molecule has 1 aliphatic rings. The van der Waals surface area contributed by atoms with Gasteiger partial charge in [0.05, 0.1) is 12.1 Å². The zero-order chi connectivity index (χ0) is 16.2. The third kappa shape index (κ3) is 3.69. The minimum Gasteiger partial charge on any atom is -0.495 e. The summed E-state index contributed by atoms with van der Waals surface area (Å²) in [5, 5.41) is 0.666. The van der Waals surface area contributed by atoms with Crippen LogP contribution in [-0.2, 0) is 6.54 Å². The fourth-order valence-electron chi connectivity index (χ4n) is 3.47. The first kappa shape index (κ1) is 16.3. The van der Waals surface area contributed by atoms with Gasteiger partial charge < -0.3 is 10.5 Å². The molecule has 2 aromatic carbocycles. The van der Waals surface area contributed by atoms with E-state index in [1.54, 1.807) is 7.11 Å². The molecule has 0 unspecified atom stereocenters. The lowest BCUT2D eigenvalue weighted by molar-refractivity contribution is 0.316. The molecule has 122 valence electrons. The number of hydrogen-bond acceptors (Lipinski definition) is 3. The molecule has 4 heteroatoms. The summed E-state index contributed by atoms with van der Waals surface area (Å²) in [5.74, 6) is 1.74. The van der Waals surface area contributed by atoms with Gasteiger partial charge in [-0.1, -0.05) is 48.0 Å². The Morgan fingerprint density at radius 2 is 1.96 bits per heavy atom. The highest BCUT2D eigenvalue weighted by Crippen LogP contribution is 2.33. The fraction of sp³-hybridized carbons (Fsp3) is 0.368. The number of halogens is 1. The van der Waals surface area contributed by atoms with Gasteiger partial charge in [0.2, 0.25) is 0 Å². The van der Waals surface area contributed by atoms with Crippen molar-refractivity contribution in [1.82, 2.24) is 4.90 Å². The van der Waals surface area contributed by atoms with E-state index in [0.717, 1.165) is 31.9 Å². The summed E-state index contributed by atoms with van der Waals surface area (Å²) in [4.78, 5) is 2.47. The van der Waals surface area contributed by atoms with Crippen molar-refractivity contribution >= 4 is 11.6 Å². The number of hydrogen-bond donors (Lipinski definition) is 1. The van der Waals surface area contributed by atoms with E-state index < -0.39 is 0 Å². The Labute approximate surface area is 143 Å². The molecule has 1 saturated heterocycles. The maximum Gasteiger partial charge on any atom is 0.137 e. The van der Waals surface area contributed by atoms with Crippen LogP contribution in [0.3, 0.4) is 0 Å². The first-order valence-electron chi connectivity index (χ1n) is 8.01. The summed E-state index contributed by atoms with van der Waals surface area (Å²) in [5.41, 5.74) is 8.61. The summed E-state index contributed by atoms with van der Waals surface area (Å²) >= 11 is 6.23. The number of methoxy groups -OCH3 is 1. The summed E-state index contributed by atoms with van der Waals surface area (Å²) < 4.78 is 5.22. The highest BCUT2D eigenvalue weighted by atomic mass is 35.5. The highest BCUT2D eigenvalue weighted by Gasteiger charge is 2.32. The minimum atomic E-state index is 0.506. The fourth-order valence-corrected chi connectivity index (χ4v) is 3.75. The Hall–Kier alpha value is -1.55. The highest BCUT2D eigenvalue weighted by molar-refractivity contribution is 6.32. The van der Waals surface area contributed by atoms with Gasteiger partial charge in [0.25, 0.3) is 0 Å². The normalized spacial score (nSPS) is 21.5. The number of nitrogens with two attached hydrogens (primary N) is 1. The van der Waals surface area contributed by atoms with Crippen molar-refractivity contribution in [2.75, 3.05) is 26.7 Å². The van der Waals surface area contributed by atoms with Crippen LogP contribution in [-0.4, -0.2) is 31.6 Å². The smallest absolute Gasteiger partial charge is 0.137 e. The van der Waals surface area contributed by atoms with Crippen molar-refractivity contribution in [3.8, 4) is 5.75 Å². The van der Waals surface area contributed by atoms with Crippen LogP contribution in [0, 0.1) is 5.92 Å². The molecule has 0 amide bonds. The Kier molecular flexibility index (Phi) is 5.21. The van der Waals surface area contributed by atoms with Gasteiger partial charge in [-0.05, 0) is 35.7 Å². The number of likely N-dealkylation sites (tertiary alicyclic amines) is 1. The lowest BCUT2D eigenvalue weighted by Gasteiger charge is -2.17. The van der Waals surface area contributed by atoms with Gasteiger partial charge in [0.1, 0.15) is 5.75 Å². The lowest BCUT2D eigenvalue weighted by atomic mass is 9.89. The van der Waals surface area contributed by atoms with Crippen molar-refractivity contribution in [2.45, 2.75) is 12.5 Å². The van der Waals surface area contributed by atoms with E-state index >= 15 is 0 Å². The van der Waals surface area contributed by atoms with Crippen molar-refractivity contribution in [3.63, 3.8) is 0 Å². The third-order valence-electron chi connectivity index (χ3n) is 4.67. The van der Waals surface area contributed by atoms with E-state index in [9.17, 15) is 0 Å². The maximum atomic E-state index is 6.23. The number of benzene rings is 2. The standard InChI is InChI=1S/C19H23ClN2O/c1-23-19-8-7-14(9-18(19)20)11-22-12-16(10-21)17(13-22)15-5-3-2-4-6-15/h2-9,16-17H,10-13,21H2,1H3/t16-,17+/m1/s1. The lowest BCUT2D eigenvalue weighted by Crippen LogP contribution is -2.23. The molecule has 3 nitrogen and oxygen atoms in total. The maximum absolute atomic E-state index is 6.23. The quantitative estimate of drug-likeness (QED) is 0.911. The Morgan fingerprint density at radius 3 is 2.61 bits per heavy atom. The largest absolute Gasteiger partial charge is 0.495 e. The molecule has 0 aliphatic carbocycles. The number of nitrogens with zero attached hydrogens (tertiary/aromatic N) is 1. The van der Waals surface area contributed by atoms with Crippen molar-refractivity contribution in [1.29, 1.82) is 0 Å². The van der Waals surface area contributed by atoms with Crippen molar-refractivity contribution < 1.29 is 4.74 Å². The van der Waals surface area contributed by atoms with Gasteiger partial charge in [-0.15, -0.1) is 0 Å². The monoisotopic (exact) mass is 330 g/mol. The van der Waals surface area contributed by atoms with E-state index in [1.807, 2.05) is 12.1 Å². The molecule has 2 N–H and O–H groups in total. The summed E-state index contributed by atoms with van der Waals surface area (Å²) in [7, 11) is 1.64. The molecule has 0 saturated carbocycles. The molecule has 1 aliphatic heterocycles. The third-order valence-corrected chi connectivity index (χ3v) is 4.96. The van der Waals surface area contributed by atoms with Gasteiger partial charge in [0, 0.05) is 25.6 Å². The average molecular weight is 331 g/mol. The van der Waals surface area contributed by atoms with Crippen LogP contribution in [0.5, 0.6) is 5.75 Å². The molecular formula is C19H23ClN2O. The van der Waals surface area contributed by atoms with E-state index in [0.29, 0.717) is 16.9 Å². The van der Waals surface area contributed by atoms with Crippen LogP contribution < -0.4 is 10.5 Å². The van der Waals surface area contributed by atoms with Crippen LogP contribution in [0.15, 0.2) is 48.5 Å². The van der Waals surface area contributed by atoms with Crippen LogP contribution in [0.4, 0.5) is 0 Å². The first-order valence-corrected chi connectivity index (χ1v) is 8.39. The zero-order valence-corrected chi connectivity index (χ0v) is 14.2. The molecule has 2 atom stereocenters. The van der Waals surface area contributed by atoms with Gasteiger partial charge in [-0.2, -0.15) is 0 Å². The molecule has 2 aromatic rings. The van der Waals surface area contributed by atoms with Gasteiger partial charge in [0.15, 0.2) is 0 Å². The number of rotatable bonds is 5. The molecule has 1 heterocycles. The second-order valence-corrected chi connectivity index (χ2v) is 6.58. The molecule has 0 bridgehead atoms. The second kappa shape index (κ2) is 7.35. The topological polar surface area (TPSA) is 38.5 Å². The van der Waals surface area contributed by atoms with Gasteiger partial charge >= 0.3 is 0 Å². The molecule has 0 radical (unpaired) electrons. The van der Waals surface area contributed by atoms with Gasteiger partial charge in [-0.25, -0.2) is 0 Å². The molecule has 0 spiro atoms. The van der Waals surface area contributed by atoms with Crippen LogP contribution in [0.25, 0.3) is 0 Å². The minimum absolute atomic E-state index is 0.506. The average Bonchev–Trinajstić information content (AvgIpc) is 2.99. The Balaban J connectivity index is 1.71. The summed E-state index contributed by atoms with van der Waals surface area (Å²) in [6.45, 7) is 3.68. The predicted molar refractivity (Wildman–Crippen MR) is 95.0 cm³/mol. The first-order chi connectivity index (χ1) is 11.2. The number of ether oxygens (including phenoxy) is 1. The summed E-state index contributed by atoms with van der Waals surface area (Å²) in [6, 6.07) is 16.7. The molecule has 23 heavy (non-hydrogen) atoms. The Bertz CT molecular complexity index is 647. The van der Waals surface area contributed by atoms with Crippen molar-refractivity contribution in [2.24, 2.45) is 11.7 Å². The predicted octanol–water partition coefficient (Wildman–Crippen LogP) is 3.52. The SMILES string of the molecule is COc1ccc(CN2C[C@@H](CN)[C@H](c3ccccc3)C2)cc1Cl. The van der Waals surface area contributed by atoms with E-state index in [4.69, 9.17) is 22.1 Å². The Morgan fingerprint density at radius 1 is 1.17 bits per heavy atom. The van der Waals surface area contributed by atoms with Crippen LogP contribution >= 0.6 is 11.6 Å². The molecule has 1 fully saturated rings. The van der Waals surface area contributed by atoms with Gasteiger partial charge in [-0.3, -0.25) is 4.90 Å². The van der Waals surface area contributed by atoms with E-state index in [1.165, 1.54) is 11.1 Å². The molecule has 3 rings (SSSR count). The van der Waals surface area contributed by atoms with Crippen LogP contribution in [0.2, 0.25) is 5.02 Å². The van der Waals surface area contributed by atoms with Crippen molar-refractivity contribution in [3.05, 3.63) is 64.7 Å². The molecular weight excluding hydrogens is 308 g/mol. The summed E-state index contributed by atoms with van der Waals surface area (Å²) in [6.07, 6.45) is 0. The zero-order valence-electron chi connectivity index (χ0n) is 13.4. The van der Waals surface area contributed by atoms with Crippen LogP contribution in [0.1, 0.15) is 17.0 Å².